The summed E-state index contributed by atoms with van der Waals surface area (Å²) in [6.07, 6.45) is 4.60. The Labute approximate surface area is 186 Å². The van der Waals surface area contributed by atoms with Crippen LogP contribution in [0.3, 0.4) is 0 Å². The summed E-state index contributed by atoms with van der Waals surface area (Å²) in [7, 11) is 1.88. The van der Waals surface area contributed by atoms with Gasteiger partial charge in [-0.3, -0.25) is 9.48 Å². The maximum absolute atomic E-state index is 15.0. The minimum Gasteiger partial charge on any atom is -0.304 e. The van der Waals surface area contributed by atoms with E-state index in [1.165, 1.54) is 12.5 Å². The molecule has 162 valence electrons. The molecule has 2 aromatic carbocycles. The van der Waals surface area contributed by atoms with Crippen LogP contribution in [0.4, 0.5) is 4.39 Å². The number of carbonyl (C=O) groups is 1. The maximum atomic E-state index is 15.0. The van der Waals surface area contributed by atoms with Crippen molar-refractivity contribution in [2.75, 3.05) is 0 Å². The molecule has 2 bridgehead atoms. The quantitative estimate of drug-likeness (QED) is 0.644. The first kappa shape index (κ1) is 19.6. The van der Waals surface area contributed by atoms with Crippen LogP contribution in [0.2, 0.25) is 0 Å². The highest BCUT2D eigenvalue weighted by atomic mass is 19.1. The summed E-state index contributed by atoms with van der Waals surface area (Å²) in [5, 5.41) is 18.4. The second-order valence-corrected chi connectivity index (χ2v) is 9.76. The van der Waals surface area contributed by atoms with Crippen LogP contribution >= 0.6 is 0 Å². The van der Waals surface area contributed by atoms with Gasteiger partial charge in [0, 0.05) is 24.9 Å². The van der Waals surface area contributed by atoms with Crippen molar-refractivity contribution in [3.8, 4) is 17.2 Å². The number of hydrogen-bond donors (Lipinski definition) is 1. The molecule has 3 fully saturated rings. The molecule has 1 N–H and O–H groups in total. The lowest BCUT2D eigenvalue weighted by Crippen LogP contribution is -2.43. The van der Waals surface area contributed by atoms with E-state index in [9.17, 15) is 14.4 Å². The van der Waals surface area contributed by atoms with Gasteiger partial charge in [-0.05, 0) is 65.8 Å². The van der Waals surface area contributed by atoms with Crippen LogP contribution in [0.25, 0.3) is 22.0 Å². The fourth-order valence-electron chi connectivity index (χ4n) is 6.11. The molecule has 2 aliphatic carbocycles. The van der Waals surface area contributed by atoms with E-state index in [4.69, 9.17) is 0 Å². The summed E-state index contributed by atoms with van der Waals surface area (Å²) >= 11 is 0. The molecular formula is C26H25FN4O. The van der Waals surface area contributed by atoms with Gasteiger partial charge in [0.15, 0.2) is 5.78 Å². The minimum absolute atomic E-state index is 0.103. The first-order valence-electron chi connectivity index (χ1n) is 11.4. The molecule has 1 aromatic heterocycles. The van der Waals surface area contributed by atoms with Crippen molar-refractivity contribution < 1.29 is 9.18 Å². The van der Waals surface area contributed by atoms with Crippen LogP contribution in [0, 0.1) is 40.8 Å². The molecule has 2 heterocycles. The first-order chi connectivity index (χ1) is 15.5. The second-order valence-electron chi connectivity index (χ2n) is 9.76. The average molecular weight is 429 g/mol. The van der Waals surface area contributed by atoms with E-state index in [-0.39, 0.29) is 30.5 Å². The Morgan fingerprint density at radius 3 is 2.78 bits per heavy atom. The Bertz CT molecular complexity index is 1270. The highest BCUT2D eigenvalue weighted by Gasteiger charge is 2.62. The van der Waals surface area contributed by atoms with Gasteiger partial charge in [-0.2, -0.15) is 10.4 Å². The highest BCUT2D eigenvalue weighted by molar-refractivity contribution is 5.86. The minimum atomic E-state index is -0.510. The summed E-state index contributed by atoms with van der Waals surface area (Å²) in [6.45, 7) is 0. The molecule has 0 amide bonds. The van der Waals surface area contributed by atoms with Gasteiger partial charge in [0.2, 0.25) is 0 Å². The standard InChI is InChI=1S/C26H25FN4O/c1-31-24-9-16(3-5-18(24)13-29-31)15-2-4-17(22(27)8-15)6-14(12-28)7-25(32)26-21-11-23(30-26)20-10-19(20)21/h2-5,8-9,13-14,19-21,23,26,30H,6-7,10-11H2,1H3/t14-,19-,20+,21-,23+,26+/m1/s1. The Hall–Kier alpha value is -3.04. The fraction of sp³-hybridized carbons (Fsp3) is 0.423. The van der Waals surface area contributed by atoms with Gasteiger partial charge in [0.25, 0.3) is 0 Å². The highest BCUT2D eigenvalue weighted by Crippen LogP contribution is 2.60. The molecule has 3 aromatic rings. The van der Waals surface area contributed by atoms with E-state index in [0.717, 1.165) is 34.4 Å². The number of hydrogen-bond acceptors (Lipinski definition) is 4. The third kappa shape index (κ3) is 3.15. The van der Waals surface area contributed by atoms with Crippen molar-refractivity contribution >= 4 is 16.7 Å². The molecule has 5 nitrogen and oxygen atoms in total. The smallest absolute Gasteiger partial charge is 0.151 e. The van der Waals surface area contributed by atoms with Gasteiger partial charge in [0.1, 0.15) is 5.82 Å². The molecular weight excluding hydrogens is 403 g/mol. The van der Waals surface area contributed by atoms with Crippen molar-refractivity contribution in [1.29, 1.82) is 5.26 Å². The van der Waals surface area contributed by atoms with Crippen LogP contribution in [0.1, 0.15) is 24.8 Å². The summed E-state index contributed by atoms with van der Waals surface area (Å²) < 4.78 is 16.8. The van der Waals surface area contributed by atoms with Crippen LogP contribution in [0.15, 0.2) is 42.6 Å². The molecule has 0 spiro atoms. The van der Waals surface area contributed by atoms with Gasteiger partial charge >= 0.3 is 0 Å². The molecule has 0 unspecified atom stereocenters. The van der Waals surface area contributed by atoms with Crippen LogP contribution in [-0.4, -0.2) is 27.6 Å². The maximum Gasteiger partial charge on any atom is 0.151 e. The van der Waals surface area contributed by atoms with E-state index in [0.29, 0.717) is 23.4 Å². The summed E-state index contributed by atoms with van der Waals surface area (Å²) in [6, 6.07) is 13.7. The molecule has 6 atom stereocenters. The Kier molecular flexibility index (Phi) is 4.44. The number of nitrogens with one attached hydrogen (secondary N) is 1. The van der Waals surface area contributed by atoms with E-state index in [1.54, 1.807) is 16.9 Å². The Balaban J connectivity index is 1.16. The number of aryl methyl sites for hydroxylation is 1. The Morgan fingerprint density at radius 1 is 1.22 bits per heavy atom. The number of fused-ring (bicyclic) bond motifs is 6. The number of aromatic nitrogens is 2. The van der Waals surface area contributed by atoms with Crippen molar-refractivity contribution in [1.82, 2.24) is 15.1 Å². The Morgan fingerprint density at radius 2 is 2.03 bits per heavy atom. The lowest BCUT2D eigenvalue weighted by Gasteiger charge is -2.22. The zero-order valence-corrected chi connectivity index (χ0v) is 18.0. The number of piperidine rings is 1. The number of rotatable bonds is 6. The van der Waals surface area contributed by atoms with Crippen molar-refractivity contribution in [3.63, 3.8) is 0 Å². The van der Waals surface area contributed by atoms with E-state index in [1.807, 2.05) is 31.3 Å². The second kappa shape index (κ2) is 7.25. The molecule has 1 aliphatic heterocycles. The van der Waals surface area contributed by atoms with Crippen molar-refractivity contribution in [2.24, 2.45) is 30.7 Å². The monoisotopic (exact) mass is 428 g/mol. The van der Waals surface area contributed by atoms with Crippen molar-refractivity contribution in [2.45, 2.75) is 37.8 Å². The van der Waals surface area contributed by atoms with E-state index in [2.05, 4.69) is 16.5 Å². The van der Waals surface area contributed by atoms with Gasteiger partial charge in [0.05, 0.1) is 29.7 Å². The summed E-state index contributed by atoms with van der Waals surface area (Å²) in [5.74, 6) is 1.22. The predicted molar refractivity (Wildman–Crippen MR) is 119 cm³/mol. The molecule has 2 saturated carbocycles. The SMILES string of the molecule is Cn1ncc2ccc(-c3ccc(C[C@@H](C#N)CC(=O)[C@H]4N[C@H]5C[C@@H]4[C@@H]4C[C@@H]45)c(F)c3)cc21. The van der Waals surface area contributed by atoms with Crippen LogP contribution in [0.5, 0.6) is 0 Å². The lowest BCUT2D eigenvalue weighted by molar-refractivity contribution is -0.122. The van der Waals surface area contributed by atoms with Gasteiger partial charge in [-0.1, -0.05) is 24.3 Å². The molecule has 3 aliphatic rings. The van der Waals surface area contributed by atoms with E-state index >= 15 is 0 Å². The third-order valence-electron chi connectivity index (χ3n) is 7.88. The lowest BCUT2D eigenvalue weighted by atomic mass is 9.87. The summed E-state index contributed by atoms with van der Waals surface area (Å²) in [5.41, 5.74) is 3.17. The number of carbonyl (C=O) groups excluding carboxylic acids is 1. The number of benzene rings is 2. The number of nitriles is 1. The largest absolute Gasteiger partial charge is 0.304 e. The first-order valence-corrected chi connectivity index (χ1v) is 11.4. The number of ketones is 1. The van der Waals surface area contributed by atoms with Crippen molar-refractivity contribution in [3.05, 3.63) is 54.0 Å². The third-order valence-corrected chi connectivity index (χ3v) is 7.88. The molecule has 6 heteroatoms. The molecule has 1 saturated heterocycles. The molecule has 6 rings (SSSR count). The predicted octanol–water partition coefficient (Wildman–Crippen LogP) is 4.02. The van der Waals surface area contributed by atoms with E-state index < -0.39 is 5.92 Å². The zero-order chi connectivity index (χ0) is 22.0. The van der Waals surface area contributed by atoms with Gasteiger partial charge in [-0.15, -0.1) is 0 Å². The molecule has 32 heavy (non-hydrogen) atoms. The molecule has 0 radical (unpaired) electrons. The number of halogens is 1. The average Bonchev–Trinajstić information content (AvgIpc) is 3.20. The van der Waals surface area contributed by atoms with Crippen LogP contribution in [-0.2, 0) is 18.3 Å². The number of nitrogens with zero attached hydrogens (tertiary/aromatic N) is 3. The normalized spacial score (nSPS) is 28.5. The zero-order valence-electron chi connectivity index (χ0n) is 18.0. The number of Topliss-reactive ketones (excluding diaryl/α,β-unsaturated/α-hetero) is 1. The topological polar surface area (TPSA) is 70.7 Å². The van der Waals surface area contributed by atoms with Gasteiger partial charge < -0.3 is 5.32 Å². The fourth-order valence-corrected chi connectivity index (χ4v) is 6.11. The van der Waals surface area contributed by atoms with Crippen LogP contribution < -0.4 is 5.32 Å². The van der Waals surface area contributed by atoms with Gasteiger partial charge in [-0.25, -0.2) is 4.39 Å². The summed E-state index contributed by atoms with van der Waals surface area (Å²) in [4.78, 5) is 12.9.